The summed E-state index contributed by atoms with van der Waals surface area (Å²) >= 11 is 0. The zero-order valence-corrected chi connectivity index (χ0v) is 17.6. The van der Waals surface area contributed by atoms with Crippen LogP contribution in [-0.2, 0) is 9.47 Å². The van der Waals surface area contributed by atoms with Crippen molar-refractivity contribution in [3.05, 3.63) is 0 Å². The molecule has 7 nitrogen and oxygen atoms in total. The molecule has 1 aliphatic rings. The Labute approximate surface area is 160 Å². The maximum absolute atomic E-state index is 5.89. The third-order valence-corrected chi connectivity index (χ3v) is 4.32. The number of aliphatic imine (C=N–C) groups is 1. The lowest BCUT2D eigenvalue weighted by atomic mass is 10.2. The molecule has 0 bridgehead atoms. The van der Waals surface area contributed by atoms with E-state index in [0.717, 1.165) is 71.4 Å². The highest BCUT2D eigenvalue weighted by atomic mass is 16.5. The van der Waals surface area contributed by atoms with Gasteiger partial charge in [0.05, 0.1) is 19.3 Å². The van der Waals surface area contributed by atoms with Gasteiger partial charge in [-0.2, -0.15) is 0 Å². The second kappa shape index (κ2) is 14.2. The number of ether oxygens (including phenoxy) is 2. The fourth-order valence-corrected chi connectivity index (χ4v) is 3.06. The molecule has 1 unspecified atom stereocenters. The number of morpholine rings is 1. The van der Waals surface area contributed by atoms with Crippen LogP contribution in [0.4, 0.5) is 0 Å². The molecule has 0 aliphatic carbocycles. The van der Waals surface area contributed by atoms with Crippen molar-refractivity contribution < 1.29 is 9.47 Å². The number of hydrogen-bond donors (Lipinski definition) is 2. The van der Waals surface area contributed by atoms with Crippen molar-refractivity contribution in [1.29, 1.82) is 0 Å². The summed E-state index contributed by atoms with van der Waals surface area (Å²) in [6, 6.07) is 0. The normalized spacial score (nSPS) is 19.3. The highest BCUT2D eigenvalue weighted by molar-refractivity contribution is 5.79. The Bertz CT molecular complexity index is 379. The number of nitrogens with one attached hydrogen (secondary N) is 2. The van der Waals surface area contributed by atoms with Gasteiger partial charge in [-0.05, 0) is 26.3 Å². The van der Waals surface area contributed by atoms with Gasteiger partial charge in [0.1, 0.15) is 0 Å². The van der Waals surface area contributed by atoms with Crippen LogP contribution in [0.1, 0.15) is 27.2 Å². The number of hydrogen-bond acceptors (Lipinski definition) is 5. The number of methoxy groups -OCH3 is 1. The second-order valence-corrected chi connectivity index (χ2v) is 7.44. The Morgan fingerprint density at radius 1 is 1.35 bits per heavy atom. The molecule has 0 aromatic heterocycles. The predicted molar refractivity (Wildman–Crippen MR) is 109 cm³/mol. The van der Waals surface area contributed by atoms with E-state index in [1.165, 1.54) is 0 Å². The molecule has 1 rings (SSSR count). The van der Waals surface area contributed by atoms with Crippen molar-refractivity contribution in [2.24, 2.45) is 10.9 Å². The molecule has 0 radical (unpaired) electrons. The maximum atomic E-state index is 5.89. The first-order valence-electron chi connectivity index (χ1n) is 10.1. The van der Waals surface area contributed by atoms with E-state index in [0.29, 0.717) is 12.5 Å². The molecule has 0 aromatic carbocycles. The second-order valence-electron chi connectivity index (χ2n) is 7.44. The quantitative estimate of drug-likeness (QED) is 0.302. The smallest absolute Gasteiger partial charge is 0.191 e. The molecule has 1 saturated heterocycles. The van der Waals surface area contributed by atoms with Crippen LogP contribution in [0.25, 0.3) is 0 Å². The zero-order chi connectivity index (χ0) is 19.2. The first-order valence-corrected chi connectivity index (χ1v) is 10.1. The van der Waals surface area contributed by atoms with Gasteiger partial charge in [0.25, 0.3) is 0 Å². The summed E-state index contributed by atoms with van der Waals surface area (Å²) in [4.78, 5) is 9.53. The predicted octanol–water partition coefficient (Wildman–Crippen LogP) is 0.867. The third kappa shape index (κ3) is 11.0. The van der Waals surface area contributed by atoms with E-state index in [-0.39, 0.29) is 6.10 Å². The fraction of sp³-hybridized carbons (Fsp3) is 0.947. The van der Waals surface area contributed by atoms with Gasteiger partial charge in [-0.3, -0.25) is 9.89 Å². The summed E-state index contributed by atoms with van der Waals surface area (Å²) in [5.74, 6) is 1.57. The standard InChI is InChI=1S/C19H41N5O2/c1-6-20-19(21-8-10-23(4)9-7-12-25-5)22-14-18-16-24(11-13-26-18)15-17(2)3/h17-18H,6-16H2,1-5H3,(H2,20,21,22). The number of guanidine groups is 1. The lowest BCUT2D eigenvalue weighted by Crippen LogP contribution is -2.46. The van der Waals surface area contributed by atoms with Crippen LogP contribution < -0.4 is 10.6 Å². The Kier molecular flexibility index (Phi) is 12.6. The van der Waals surface area contributed by atoms with Crippen molar-refractivity contribution in [3.63, 3.8) is 0 Å². The van der Waals surface area contributed by atoms with E-state index < -0.39 is 0 Å². The summed E-state index contributed by atoms with van der Waals surface area (Å²) in [6.45, 7) is 15.9. The van der Waals surface area contributed by atoms with Crippen LogP contribution in [0.15, 0.2) is 4.99 Å². The molecule has 1 atom stereocenters. The Morgan fingerprint density at radius 2 is 2.15 bits per heavy atom. The van der Waals surface area contributed by atoms with Crippen molar-refractivity contribution >= 4 is 5.96 Å². The van der Waals surface area contributed by atoms with Crippen LogP contribution in [0.2, 0.25) is 0 Å². The molecule has 0 spiro atoms. The first-order chi connectivity index (χ1) is 12.5. The minimum atomic E-state index is 0.190. The summed E-state index contributed by atoms with van der Waals surface area (Å²) < 4.78 is 11.0. The van der Waals surface area contributed by atoms with E-state index >= 15 is 0 Å². The van der Waals surface area contributed by atoms with Gasteiger partial charge < -0.3 is 25.0 Å². The minimum Gasteiger partial charge on any atom is -0.385 e. The SMILES string of the molecule is CCNC(=NCC1CN(CC(C)C)CCO1)NCCN(C)CCCOC. The van der Waals surface area contributed by atoms with Gasteiger partial charge >= 0.3 is 0 Å². The average Bonchev–Trinajstić information content (AvgIpc) is 2.59. The lowest BCUT2D eigenvalue weighted by Gasteiger charge is -2.33. The lowest BCUT2D eigenvalue weighted by molar-refractivity contribution is -0.0261. The molecule has 7 heteroatoms. The van der Waals surface area contributed by atoms with Gasteiger partial charge in [-0.25, -0.2) is 0 Å². The molecular weight excluding hydrogens is 330 g/mol. The van der Waals surface area contributed by atoms with Gasteiger partial charge in [0, 0.05) is 59.5 Å². The van der Waals surface area contributed by atoms with Gasteiger partial charge in [0.15, 0.2) is 5.96 Å². The van der Waals surface area contributed by atoms with Crippen LogP contribution in [-0.4, -0.2) is 102 Å². The summed E-state index contributed by atoms with van der Waals surface area (Å²) in [7, 11) is 3.89. The number of likely N-dealkylation sites (N-methyl/N-ethyl adjacent to an activating group) is 1. The molecule has 26 heavy (non-hydrogen) atoms. The largest absolute Gasteiger partial charge is 0.385 e. The van der Waals surface area contributed by atoms with Gasteiger partial charge in [-0.1, -0.05) is 13.8 Å². The van der Waals surface area contributed by atoms with Crippen molar-refractivity contribution in [2.75, 3.05) is 79.7 Å². The molecule has 0 amide bonds. The molecule has 1 fully saturated rings. The monoisotopic (exact) mass is 371 g/mol. The number of rotatable bonds is 12. The van der Waals surface area contributed by atoms with Crippen LogP contribution in [0, 0.1) is 5.92 Å². The van der Waals surface area contributed by atoms with Crippen LogP contribution in [0.3, 0.4) is 0 Å². The summed E-state index contributed by atoms with van der Waals surface area (Å²) in [5, 5.41) is 6.74. The van der Waals surface area contributed by atoms with E-state index in [9.17, 15) is 0 Å². The van der Waals surface area contributed by atoms with Crippen molar-refractivity contribution in [1.82, 2.24) is 20.4 Å². The van der Waals surface area contributed by atoms with Crippen LogP contribution >= 0.6 is 0 Å². The Balaban J connectivity index is 2.33. The molecule has 2 N–H and O–H groups in total. The Morgan fingerprint density at radius 3 is 2.85 bits per heavy atom. The van der Waals surface area contributed by atoms with Crippen molar-refractivity contribution in [2.45, 2.75) is 33.3 Å². The van der Waals surface area contributed by atoms with Crippen molar-refractivity contribution in [3.8, 4) is 0 Å². The topological polar surface area (TPSA) is 61.4 Å². The van der Waals surface area contributed by atoms with E-state index in [1.807, 2.05) is 0 Å². The summed E-state index contributed by atoms with van der Waals surface area (Å²) in [5.41, 5.74) is 0. The molecule has 0 saturated carbocycles. The van der Waals surface area contributed by atoms with E-state index in [4.69, 9.17) is 14.5 Å². The van der Waals surface area contributed by atoms with Gasteiger partial charge in [-0.15, -0.1) is 0 Å². The highest BCUT2D eigenvalue weighted by Crippen LogP contribution is 2.08. The highest BCUT2D eigenvalue weighted by Gasteiger charge is 2.20. The maximum Gasteiger partial charge on any atom is 0.191 e. The first kappa shape index (κ1) is 23.1. The Hall–Kier alpha value is -0.890. The zero-order valence-electron chi connectivity index (χ0n) is 17.6. The molecule has 154 valence electrons. The minimum absolute atomic E-state index is 0.190. The molecule has 0 aromatic rings. The molecular formula is C19H41N5O2. The number of nitrogens with zero attached hydrogens (tertiary/aromatic N) is 3. The summed E-state index contributed by atoms with van der Waals surface area (Å²) in [6.07, 6.45) is 1.25. The van der Waals surface area contributed by atoms with E-state index in [1.54, 1.807) is 7.11 Å². The molecule has 1 heterocycles. The molecule has 1 aliphatic heterocycles. The fourth-order valence-electron chi connectivity index (χ4n) is 3.06. The van der Waals surface area contributed by atoms with Gasteiger partial charge in [0.2, 0.25) is 0 Å². The average molecular weight is 372 g/mol. The van der Waals surface area contributed by atoms with E-state index in [2.05, 4.69) is 48.3 Å². The third-order valence-electron chi connectivity index (χ3n) is 4.32. The van der Waals surface area contributed by atoms with Crippen LogP contribution in [0.5, 0.6) is 0 Å².